The molecule has 1 saturated heterocycles. The number of fused-ring (bicyclic) bond motifs is 7. The number of hydrogen-bond donors (Lipinski definition) is 3. The number of imidazole rings is 1. The van der Waals surface area contributed by atoms with Crippen molar-refractivity contribution in [1.29, 1.82) is 0 Å². The van der Waals surface area contributed by atoms with Crippen molar-refractivity contribution in [2.75, 3.05) is 20.8 Å². The van der Waals surface area contributed by atoms with Gasteiger partial charge in [-0.05, 0) is 106 Å². The molecule has 4 heterocycles. The van der Waals surface area contributed by atoms with Crippen LogP contribution in [0.5, 0.6) is 5.75 Å². The third-order valence-electron chi connectivity index (χ3n) is 14.4. The number of rotatable bonds is 13. The van der Waals surface area contributed by atoms with Gasteiger partial charge >= 0.3 is 18.8 Å². The summed E-state index contributed by atoms with van der Waals surface area (Å²) in [6, 6.07) is 21.6. The van der Waals surface area contributed by atoms with Gasteiger partial charge in [0.15, 0.2) is 5.78 Å². The number of nitrogens with one attached hydrogen (secondary N) is 3. The van der Waals surface area contributed by atoms with Crippen LogP contribution in [0.2, 0.25) is 0 Å². The van der Waals surface area contributed by atoms with Gasteiger partial charge in [0.2, 0.25) is 5.91 Å². The molecule has 348 valence electrons. The molecule has 3 N–H and O–H groups in total. The zero-order valence-corrected chi connectivity index (χ0v) is 37.6. The molecule has 0 radical (unpaired) electrons. The Morgan fingerprint density at radius 3 is 2.46 bits per heavy atom. The Bertz CT molecular complexity index is 2800. The molecule has 2 unspecified atom stereocenters. The molecule has 3 aliphatic heterocycles. The highest BCUT2D eigenvalue weighted by molar-refractivity contribution is 6.06. The van der Waals surface area contributed by atoms with Crippen molar-refractivity contribution < 1.29 is 46.9 Å². The first-order valence-electron chi connectivity index (χ1n) is 22.9. The summed E-state index contributed by atoms with van der Waals surface area (Å²) in [7, 11) is 2.52. The number of ketones is 1. The quantitative estimate of drug-likeness (QED) is 0.104. The van der Waals surface area contributed by atoms with Crippen molar-refractivity contribution in [3.8, 4) is 28.1 Å². The smallest absolute Gasteiger partial charge is 0.407 e. The molecule has 0 bridgehead atoms. The number of aliphatic imine (C=N–C) groups is 1. The number of likely N-dealkylation sites (tertiary alicyclic amines) is 1. The van der Waals surface area contributed by atoms with Crippen molar-refractivity contribution in [2.45, 2.75) is 83.3 Å². The Kier molecular flexibility index (Phi) is 11.8. The van der Waals surface area contributed by atoms with Gasteiger partial charge in [-0.15, -0.1) is 0 Å². The Morgan fingerprint density at radius 1 is 0.910 bits per heavy atom. The third-order valence-corrected chi connectivity index (χ3v) is 14.4. The van der Waals surface area contributed by atoms with Gasteiger partial charge in [0, 0.05) is 35.6 Å². The molecule has 16 heteroatoms. The third kappa shape index (κ3) is 8.40. The number of aromatic nitrogens is 2. The highest BCUT2D eigenvalue weighted by atomic mass is 19.3. The van der Waals surface area contributed by atoms with E-state index < -0.39 is 36.8 Å². The number of piperidine rings is 1. The Morgan fingerprint density at radius 2 is 1.70 bits per heavy atom. The number of alkyl carbamates (subject to hydrolysis) is 2. The number of amides is 3. The Balaban J connectivity index is 0.887. The largest absolute Gasteiger partial charge is 0.488 e. The topological polar surface area (TPSA) is 174 Å². The first-order valence-corrected chi connectivity index (χ1v) is 22.9. The number of carbonyl (C=O) groups is 4. The molecular formula is C51H52F2N6O8. The molecule has 2 aliphatic carbocycles. The summed E-state index contributed by atoms with van der Waals surface area (Å²) in [5.74, 6) is 0.0477. The number of carbonyl (C=O) groups excluding carboxylic acids is 4. The van der Waals surface area contributed by atoms with Gasteiger partial charge in [-0.25, -0.2) is 14.6 Å². The number of alkyl halides is 2. The van der Waals surface area contributed by atoms with Gasteiger partial charge in [-0.1, -0.05) is 62.4 Å². The fourth-order valence-electron chi connectivity index (χ4n) is 11.0. The normalized spacial score (nSPS) is 23.1. The average molecular weight is 915 g/mol. The molecule has 0 spiro atoms. The molecule has 3 fully saturated rings. The molecule has 8 atom stereocenters. The van der Waals surface area contributed by atoms with Gasteiger partial charge in [-0.3, -0.25) is 14.6 Å². The van der Waals surface area contributed by atoms with Gasteiger partial charge in [-0.2, -0.15) is 8.78 Å². The zero-order valence-electron chi connectivity index (χ0n) is 37.6. The number of ether oxygens (including phenoxy) is 4. The number of methoxy groups -OCH3 is 2. The van der Waals surface area contributed by atoms with Crippen LogP contribution in [0.4, 0.5) is 24.1 Å². The lowest BCUT2D eigenvalue weighted by molar-refractivity contribution is -0.138. The van der Waals surface area contributed by atoms with E-state index in [0.717, 1.165) is 74.3 Å². The highest BCUT2D eigenvalue weighted by Crippen LogP contribution is 2.54. The van der Waals surface area contributed by atoms with Crippen molar-refractivity contribution in [2.24, 2.45) is 34.6 Å². The number of Topliss-reactive ketones (excluding diaryl/α,β-unsaturated/α-hetero) is 1. The highest BCUT2D eigenvalue weighted by Gasteiger charge is 2.56. The molecule has 4 aromatic carbocycles. The second kappa shape index (κ2) is 17.8. The number of halogens is 2. The second-order valence-corrected chi connectivity index (χ2v) is 18.7. The minimum absolute atomic E-state index is 0.126. The molecule has 14 nitrogen and oxygen atoms in total. The summed E-state index contributed by atoms with van der Waals surface area (Å²) in [5, 5.41) is 7.42. The van der Waals surface area contributed by atoms with E-state index in [9.17, 15) is 28.0 Å². The predicted molar refractivity (Wildman–Crippen MR) is 244 cm³/mol. The SMILES string of the molecule is COC(=O)N[C@H](C(=O)N1[C@@H]2CC2C[C@H]1c1ncc(-c2ccc3c(c2)COc2cc4c5c(ccc4cc2-3)N=C([C@@H]2C[C@H](COC(F)F)CC2C(=O)[C@H](NC(=O)OC)c2ccccc2)C5)[nH]1)C(C)C. The maximum atomic E-state index is 14.5. The minimum Gasteiger partial charge on any atom is -0.488 e. The fourth-order valence-corrected chi connectivity index (χ4v) is 11.0. The number of aromatic amines is 1. The van der Waals surface area contributed by atoms with E-state index in [1.165, 1.54) is 14.2 Å². The van der Waals surface area contributed by atoms with E-state index in [1.807, 2.05) is 36.9 Å². The van der Waals surface area contributed by atoms with Gasteiger partial charge in [0.25, 0.3) is 0 Å². The van der Waals surface area contributed by atoms with Gasteiger partial charge in [0.05, 0.1) is 44.4 Å². The molecule has 2 saturated carbocycles. The van der Waals surface area contributed by atoms with Crippen LogP contribution in [-0.4, -0.2) is 84.0 Å². The monoisotopic (exact) mass is 914 g/mol. The lowest BCUT2D eigenvalue weighted by Crippen LogP contribution is -2.52. The maximum Gasteiger partial charge on any atom is 0.407 e. The number of nitrogens with zero attached hydrogens (tertiary/aromatic N) is 3. The maximum absolute atomic E-state index is 14.5. The average Bonchev–Trinajstić information content (AvgIpc) is 3.81. The summed E-state index contributed by atoms with van der Waals surface area (Å²) < 4.78 is 47.4. The predicted octanol–water partition coefficient (Wildman–Crippen LogP) is 9.01. The van der Waals surface area contributed by atoms with Crippen LogP contribution in [0.3, 0.4) is 0 Å². The Labute approximate surface area is 385 Å². The van der Waals surface area contributed by atoms with Gasteiger partial charge in [0.1, 0.15) is 30.3 Å². The second-order valence-electron chi connectivity index (χ2n) is 18.7. The summed E-state index contributed by atoms with van der Waals surface area (Å²) in [6.07, 6.45) is 3.37. The Hall–Kier alpha value is -6.68. The van der Waals surface area contributed by atoms with E-state index in [0.29, 0.717) is 43.2 Å². The van der Waals surface area contributed by atoms with Crippen LogP contribution in [0.25, 0.3) is 33.2 Å². The van der Waals surface area contributed by atoms with Crippen LogP contribution in [-0.2, 0) is 36.8 Å². The standard InChI is InChI=1S/C51H52F2N6O8/c1-25(2)44(57-50(62)64-3)48(61)59-41-18-30(41)19-42(59)47-54-22-40(56-47)29-10-12-32-31(16-29)24-66-43-21-33-28(17-36(32)43)11-13-38-35(33)20-39(55-38)34-14-26(23-67-49(52)53)15-37(34)46(60)45(58-51(63)65-4)27-8-6-5-7-9-27/h5-13,16-17,21-22,25-26,30,34,37,41-42,44-45,49H,14-15,18-20,23-24H2,1-4H3,(H,54,56)(H,57,62)(H,58,63)/t26-,30?,34+,37?,41+,42-,44-,45+/m0/s1. The zero-order chi connectivity index (χ0) is 46.7. The van der Waals surface area contributed by atoms with Crippen LogP contribution >= 0.6 is 0 Å². The van der Waals surface area contributed by atoms with E-state index in [1.54, 1.807) is 30.5 Å². The van der Waals surface area contributed by atoms with Crippen molar-refractivity contribution >= 4 is 46.0 Å². The van der Waals surface area contributed by atoms with E-state index in [2.05, 4.69) is 45.9 Å². The summed E-state index contributed by atoms with van der Waals surface area (Å²) >= 11 is 0. The molecule has 67 heavy (non-hydrogen) atoms. The van der Waals surface area contributed by atoms with Crippen LogP contribution in [0.1, 0.15) is 74.1 Å². The van der Waals surface area contributed by atoms with Gasteiger partial charge < -0.3 is 39.5 Å². The lowest BCUT2D eigenvalue weighted by atomic mass is 9.82. The summed E-state index contributed by atoms with van der Waals surface area (Å²) in [4.78, 5) is 68.4. The number of benzene rings is 4. The first-order chi connectivity index (χ1) is 32.4. The minimum atomic E-state index is -2.93. The molecular weight excluding hydrogens is 863 g/mol. The van der Waals surface area contributed by atoms with Crippen LogP contribution in [0, 0.1) is 29.6 Å². The molecule has 3 amide bonds. The summed E-state index contributed by atoms with van der Waals surface area (Å²) in [5.41, 5.74) is 7.95. The van der Waals surface area contributed by atoms with Crippen LogP contribution in [0.15, 0.2) is 84.0 Å². The van der Waals surface area contributed by atoms with Crippen molar-refractivity contribution in [1.82, 2.24) is 25.5 Å². The van der Waals surface area contributed by atoms with E-state index in [4.69, 9.17) is 28.9 Å². The number of H-pyrrole nitrogens is 1. The molecule has 10 rings (SSSR count). The number of hydrogen-bond acceptors (Lipinski definition) is 10. The molecule has 5 aliphatic rings. The van der Waals surface area contributed by atoms with Crippen molar-refractivity contribution in [3.63, 3.8) is 0 Å². The van der Waals surface area contributed by atoms with Crippen molar-refractivity contribution in [3.05, 3.63) is 102 Å². The lowest BCUT2D eigenvalue weighted by Gasteiger charge is -2.31. The summed E-state index contributed by atoms with van der Waals surface area (Å²) in [6.45, 7) is 1.02. The molecule has 1 aromatic heterocycles. The van der Waals surface area contributed by atoms with Crippen LogP contribution < -0.4 is 15.4 Å². The fraction of sp³-hybridized carbons (Fsp3) is 0.412. The van der Waals surface area contributed by atoms with E-state index in [-0.39, 0.29) is 48.1 Å². The molecule has 5 aromatic rings. The first kappa shape index (κ1) is 44.2. The van der Waals surface area contributed by atoms with E-state index >= 15 is 0 Å².